The summed E-state index contributed by atoms with van der Waals surface area (Å²) in [4.78, 5) is 42.7. The summed E-state index contributed by atoms with van der Waals surface area (Å²) in [6.45, 7) is 5.10. The first-order valence-electron chi connectivity index (χ1n) is 11.6. The van der Waals surface area contributed by atoms with E-state index in [-0.39, 0.29) is 5.78 Å². The van der Waals surface area contributed by atoms with Crippen LogP contribution < -0.4 is 9.64 Å². The normalized spacial score (nSPS) is 14.6. The SMILES string of the molecule is COc1cnc(-n2cnc(C)n2)c2[nH]cc(C(=O)CN3CCN(c4ncnc5ncccc45)CC3)c12. The van der Waals surface area contributed by atoms with E-state index in [0.29, 0.717) is 46.1 Å². The number of anilines is 1. The standard InChI is InChI=1S/C24H24N10O2/c1-15-30-14-34(31-15)24-21-20(19(36-2)11-27-24)17(10-26-21)18(35)12-32-6-8-33(9-7-32)23-16-4-3-5-25-22(16)28-13-29-23/h3-5,10-11,13-14,26H,6-9,12H2,1-2H3. The maximum Gasteiger partial charge on any atom is 0.179 e. The van der Waals surface area contributed by atoms with E-state index in [1.807, 2.05) is 19.1 Å². The van der Waals surface area contributed by atoms with Crippen molar-refractivity contribution in [3.63, 3.8) is 0 Å². The lowest BCUT2D eigenvalue weighted by atomic mass is 10.1. The van der Waals surface area contributed by atoms with Gasteiger partial charge in [-0.15, -0.1) is 0 Å². The lowest BCUT2D eigenvalue weighted by Crippen LogP contribution is -2.48. The third-order valence-electron chi connectivity index (χ3n) is 6.42. The second kappa shape index (κ2) is 8.96. The Morgan fingerprint density at radius 1 is 1.08 bits per heavy atom. The van der Waals surface area contributed by atoms with Crippen molar-refractivity contribution in [2.45, 2.75) is 6.92 Å². The fraction of sp³-hybridized carbons (Fsp3) is 0.292. The van der Waals surface area contributed by atoms with Crippen molar-refractivity contribution in [3.8, 4) is 11.6 Å². The maximum atomic E-state index is 13.4. The van der Waals surface area contributed by atoms with Crippen LogP contribution in [0.1, 0.15) is 16.2 Å². The molecule has 6 heterocycles. The number of pyridine rings is 2. The van der Waals surface area contributed by atoms with E-state index < -0.39 is 0 Å². The van der Waals surface area contributed by atoms with Gasteiger partial charge in [0, 0.05) is 44.1 Å². The molecule has 0 unspecified atom stereocenters. The third kappa shape index (κ3) is 3.81. The van der Waals surface area contributed by atoms with Gasteiger partial charge >= 0.3 is 0 Å². The molecule has 5 aromatic heterocycles. The van der Waals surface area contributed by atoms with Crippen molar-refractivity contribution >= 4 is 33.5 Å². The Balaban J connectivity index is 1.21. The monoisotopic (exact) mass is 484 g/mol. The van der Waals surface area contributed by atoms with Crippen LogP contribution in [0.25, 0.3) is 27.8 Å². The van der Waals surface area contributed by atoms with Gasteiger partial charge in [0.25, 0.3) is 0 Å². The first kappa shape index (κ1) is 22.0. The number of aromatic amines is 1. The molecule has 1 aliphatic heterocycles. The molecule has 0 saturated carbocycles. The molecule has 0 radical (unpaired) electrons. The van der Waals surface area contributed by atoms with Crippen molar-refractivity contribution < 1.29 is 9.53 Å². The summed E-state index contributed by atoms with van der Waals surface area (Å²) >= 11 is 0. The molecule has 0 bridgehead atoms. The van der Waals surface area contributed by atoms with Crippen molar-refractivity contribution in [1.82, 2.24) is 44.6 Å². The number of nitrogens with zero attached hydrogens (tertiary/aromatic N) is 9. The van der Waals surface area contributed by atoms with Crippen molar-refractivity contribution in [2.75, 3.05) is 44.7 Å². The Morgan fingerprint density at radius 2 is 1.94 bits per heavy atom. The van der Waals surface area contributed by atoms with E-state index in [1.54, 1.807) is 43.0 Å². The number of carbonyl (C=O) groups excluding carboxylic acids is 1. The predicted octanol–water partition coefficient (Wildman–Crippen LogP) is 1.80. The molecule has 12 heteroatoms. The molecule has 12 nitrogen and oxygen atoms in total. The Morgan fingerprint density at radius 3 is 2.72 bits per heavy atom. The number of hydrogen-bond acceptors (Lipinski definition) is 10. The van der Waals surface area contributed by atoms with E-state index >= 15 is 0 Å². The number of methoxy groups -OCH3 is 1. The number of nitrogens with one attached hydrogen (secondary N) is 1. The van der Waals surface area contributed by atoms with Gasteiger partial charge in [0.05, 0.1) is 36.1 Å². The molecular weight excluding hydrogens is 460 g/mol. The van der Waals surface area contributed by atoms with Gasteiger partial charge in [-0.2, -0.15) is 5.10 Å². The first-order chi connectivity index (χ1) is 17.6. The van der Waals surface area contributed by atoms with Crippen LogP contribution in [0.5, 0.6) is 5.75 Å². The topological polar surface area (TPSA) is 131 Å². The maximum absolute atomic E-state index is 13.4. The van der Waals surface area contributed by atoms with Crippen LogP contribution in [0.4, 0.5) is 5.82 Å². The number of carbonyl (C=O) groups is 1. The van der Waals surface area contributed by atoms with E-state index in [1.165, 1.54) is 0 Å². The Hall–Kier alpha value is -4.45. The zero-order chi connectivity index (χ0) is 24.6. The molecule has 5 aromatic rings. The number of Topliss-reactive ketones (excluding diaryl/α,β-unsaturated/α-hetero) is 1. The molecule has 0 aliphatic carbocycles. The van der Waals surface area contributed by atoms with Gasteiger partial charge < -0.3 is 14.6 Å². The number of ketones is 1. The third-order valence-corrected chi connectivity index (χ3v) is 6.42. The minimum absolute atomic E-state index is 0.0107. The van der Waals surface area contributed by atoms with E-state index in [0.717, 1.165) is 37.4 Å². The van der Waals surface area contributed by atoms with Crippen LogP contribution in [0.15, 0.2) is 43.4 Å². The van der Waals surface area contributed by atoms with Gasteiger partial charge in [0.15, 0.2) is 17.2 Å². The quantitative estimate of drug-likeness (QED) is 0.356. The van der Waals surface area contributed by atoms with Gasteiger partial charge in [-0.25, -0.2) is 29.6 Å². The average Bonchev–Trinajstić information content (AvgIpc) is 3.55. The summed E-state index contributed by atoms with van der Waals surface area (Å²) in [5.74, 6) is 2.62. The van der Waals surface area contributed by atoms with Crippen molar-refractivity contribution in [3.05, 3.63) is 54.8 Å². The highest BCUT2D eigenvalue weighted by Gasteiger charge is 2.25. The molecule has 1 N–H and O–H groups in total. The van der Waals surface area contributed by atoms with Crippen LogP contribution in [0.3, 0.4) is 0 Å². The van der Waals surface area contributed by atoms with Crippen LogP contribution >= 0.6 is 0 Å². The summed E-state index contributed by atoms with van der Waals surface area (Å²) in [5.41, 5.74) is 1.93. The van der Waals surface area contributed by atoms with Gasteiger partial charge in [0.2, 0.25) is 0 Å². The molecule has 1 fully saturated rings. The lowest BCUT2D eigenvalue weighted by Gasteiger charge is -2.35. The first-order valence-corrected chi connectivity index (χ1v) is 11.6. The Kier molecular flexibility index (Phi) is 5.49. The molecule has 0 amide bonds. The number of piperazine rings is 1. The summed E-state index contributed by atoms with van der Waals surface area (Å²) in [5, 5.41) is 5.98. The van der Waals surface area contributed by atoms with Crippen LogP contribution in [0.2, 0.25) is 0 Å². The zero-order valence-corrected chi connectivity index (χ0v) is 19.9. The molecule has 36 heavy (non-hydrogen) atoms. The van der Waals surface area contributed by atoms with Gasteiger partial charge in [-0.1, -0.05) is 0 Å². The number of aryl methyl sites for hydroxylation is 1. The van der Waals surface area contributed by atoms with Gasteiger partial charge in [-0.3, -0.25) is 9.69 Å². The molecule has 1 aliphatic rings. The van der Waals surface area contributed by atoms with Gasteiger partial charge in [0.1, 0.15) is 30.0 Å². The Bertz CT molecular complexity index is 1560. The summed E-state index contributed by atoms with van der Waals surface area (Å²) in [6, 6.07) is 3.88. The number of aromatic nitrogens is 8. The predicted molar refractivity (Wildman–Crippen MR) is 133 cm³/mol. The smallest absolute Gasteiger partial charge is 0.179 e. The van der Waals surface area contributed by atoms with E-state index in [4.69, 9.17) is 4.74 Å². The fourth-order valence-electron chi connectivity index (χ4n) is 4.64. The number of ether oxygens (including phenoxy) is 1. The average molecular weight is 485 g/mol. The minimum atomic E-state index is 0.0107. The highest BCUT2D eigenvalue weighted by molar-refractivity contribution is 6.12. The van der Waals surface area contributed by atoms with Crippen LogP contribution in [-0.2, 0) is 0 Å². The molecule has 0 spiro atoms. The highest BCUT2D eigenvalue weighted by Crippen LogP contribution is 2.32. The van der Waals surface area contributed by atoms with Crippen LogP contribution in [-0.4, -0.2) is 90.2 Å². The molecule has 6 rings (SSSR count). The Labute approximate surface area is 206 Å². The molecule has 1 saturated heterocycles. The largest absolute Gasteiger partial charge is 0.494 e. The van der Waals surface area contributed by atoms with Crippen molar-refractivity contribution in [2.24, 2.45) is 0 Å². The number of H-pyrrole nitrogens is 1. The number of hydrogen-bond donors (Lipinski definition) is 1. The molecule has 0 aromatic carbocycles. The van der Waals surface area contributed by atoms with E-state index in [9.17, 15) is 4.79 Å². The van der Waals surface area contributed by atoms with Crippen molar-refractivity contribution in [1.29, 1.82) is 0 Å². The molecular formula is C24H24N10O2. The van der Waals surface area contributed by atoms with E-state index in [2.05, 4.69) is 44.8 Å². The highest BCUT2D eigenvalue weighted by atomic mass is 16.5. The summed E-state index contributed by atoms with van der Waals surface area (Å²) in [7, 11) is 1.57. The van der Waals surface area contributed by atoms with Crippen LogP contribution in [0, 0.1) is 6.92 Å². The van der Waals surface area contributed by atoms with Gasteiger partial charge in [-0.05, 0) is 19.1 Å². The second-order valence-corrected chi connectivity index (χ2v) is 8.60. The lowest BCUT2D eigenvalue weighted by molar-refractivity contribution is 0.0928. The molecule has 182 valence electrons. The fourth-order valence-corrected chi connectivity index (χ4v) is 4.64. The summed E-state index contributed by atoms with van der Waals surface area (Å²) in [6.07, 6.45) is 8.21. The number of fused-ring (bicyclic) bond motifs is 2. The second-order valence-electron chi connectivity index (χ2n) is 8.60. The minimum Gasteiger partial charge on any atom is -0.494 e. The molecule has 0 atom stereocenters. The zero-order valence-electron chi connectivity index (χ0n) is 19.9. The number of rotatable bonds is 6. The summed E-state index contributed by atoms with van der Waals surface area (Å²) < 4.78 is 7.13.